The predicted octanol–water partition coefficient (Wildman–Crippen LogP) is 11.3. The van der Waals surface area contributed by atoms with Gasteiger partial charge < -0.3 is 14.6 Å². The van der Waals surface area contributed by atoms with Crippen molar-refractivity contribution in [2.24, 2.45) is 0 Å². The van der Waals surface area contributed by atoms with Crippen LogP contribution in [0.3, 0.4) is 0 Å². The van der Waals surface area contributed by atoms with Crippen LogP contribution in [-0.2, 0) is 19.1 Å². The molecule has 0 aromatic carbocycles. The van der Waals surface area contributed by atoms with Crippen molar-refractivity contribution >= 4 is 11.9 Å². The molecule has 0 aromatic heterocycles. The molecule has 256 valence electrons. The van der Waals surface area contributed by atoms with Gasteiger partial charge in [0.1, 0.15) is 6.61 Å². The molecule has 0 spiro atoms. The van der Waals surface area contributed by atoms with Crippen molar-refractivity contribution in [3.8, 4) is 0 Å². The van der Waals surface area contributed by atoms with Gasteiger partial charge in [0.05, 0.1) is 6.61 Å². The maximum atomic E-state index is 12.1. The van der Waals surface area contributed by atoms with E-state index in [9.17, 15) is 14.7 Å². The molecule has 44 heavy (non-hydrogen) atoms. The minimum absolute atomic E-state index is 0.0704. The molecule has 0 rings (SSSR count). The number of rotatable bonds is 33. The van der Waals surface area contributed by atoms with Gasteiger partial charge in [-0.1, -0.05) is 159 Å². The molecule has 0 saturated carbocycles. The summed E-state index contributed by atoms with van der Waals surface area (Å²) in [6.07, 6.45) is 42.0. The monoisotopic (exact) mass is 619 g/mol. The zero-order chi connectivity index (χ0) is 32.2. The Morgan fingerprint density at radius 1 is 0.545 bits per heavy atom. The summed E-state index contributed by atoms with van der Waals surface area (Å²) < 4.78 is 10.6. The fourth-order valence-electron chi connectivity index (χ4n) is 5.16. The van der Waals surface area contributed by atoms with Crippen LogP contribution < -0.4 is 0 Å². The number of esters is 2. The number of unbranched alkanes of at least 4 members (excludes halogenated alkanes) is 19. The average molecular weight is 619 g/mol. The lowest BCUT2D eigenvalue weighted by Crippen LogP contribution is -2.28. The number of aliphatic hydroxyl groups excluding tert-OH is 1. The second-order valence-electron chi connectivity index (χ2n) is 12.3. The van der Waals surface area contributed by atoms with Gasteiger partial charge in [0, 0.05) is 12.8 Å². The number of aliphatic hydroxyl groups is 1. The lowest BCUT2D eigenvalue weighted by Gasteiger charge is -2.15. The number of carbonyl (C=O) groups is 2. The Hall–Kier alpha value is -1.88. The molecule has 0 amide bonds. The van der Waals surface area contributed by atoms with Crippen molar-refractivity contribution in [2.45, 2.75) is 187 Å². The Balaban J connectivity index is 3.58. The molecular weight excluding hydrogens is 548 g/mol. The van der Waals surface area contributed by atoms with E-state index in [4.69, 9.17) is 9.47 Å². The number of ether oxygens (including phenoxy) is 2. The number of carbonyl (C=O) groups excluding carboxylic acids is 2. The van der Waals surface area contributed by atoms with E-state index in [-0.39, 0.29) is 25.2 Å². The summed E-state index contributed by atoms with van der Waals surface area (Å²) in [5.74, 6) is -0.607. The van der Waals surface area contributed by atoms with Gasteiger partial charge in [-0.3, -0.25) is 9.59 Å². The standard InChI is InChI=1S/C39H70O5/c1-3-5-7-9-11-13-15-17-19-21-23-25-27-29-31-33-38(41)43-36-37(35-40)44-39(42)34-32-30-28-26-24-22-20-18-16-14-12-10-8-6-4-2/h6,8,12,14,18,20,37,40H,3-5,7,9-11,13,15-17,19,21-36H2,1-2H3/b8-6-,14-12-,20-18-/t37-/m0/s1. The van der Waals surface area contributed by atoms with Crippen LogP contribution in [0.15, 0.2) is 36.5 Å². The number of allylic oxidation sites excluding steroid dienone is 6. The first-order valence-corrected chi connectivity index (χ1v) is 18.5. The predicted molar refractivity (Wildman–Crippen MR) is 187 cm³/mol. The van der Waals surface area contributed by atoms with Crippen LogP contribution in [0.5, 0.6) is 0 Å². The summed E-state index contributed by atoms with van der Waals surface area (Å²) in [4.78, 5) is 24.2. The Kier molecular flexibility index (Phi) is 34.1. The molecule has 0 heterocycles. The van der Waals surface area contributed by atoms with Crippen molar-refractivity contribution in [1.82, 2.24) is 0 Å². The summed E-state index contributed by atoms with van der Waals surface area (Å²) in [7, 11) is 0. The highest BCUT2D eigenvalue weighted by molar-refractivity contribution is 5.70. The molecule has 5 heteroatoms. The van der Waals surface area contributed by atoms with Gasteiger partial charge in [-0.2, -0.15) is 0 Å². The minimum Gasteiger partial charge on any atom is -0.462 e. The summed E-state index contributed by atoms with van der Waals surface area (Å²) in [5.41, 5.74) is 0. The molecule has 0 aliphatic carbocycles. The Labute approximate surface area is 272 Å². The quantitative estimate of drug-likeness (QED) is 0.0450. The number of hydrogen-bond donors (Lipinski definition) is 1. The summed E-state index contributed by atoms with van der Waals surface area (Å²) in [6.45, 7) is 4.01. The third-order valence-electron chi connectivity index (χ3n) is 7.95. The molecule has 0 aromatic rings. The van der Waals surface area contributed by atoms with Crippen LogP contribution >= 0.6 is 0 Å². The molecular formula is C39H70O5. The van der Waals surface area contributed by atoms with Gasteiger partial charge >= 0.3 is 11.9 Å². The highest BCUT2D eigenvalue weighted by Crippen LogP contribution is 2.14. The molecule has 0 fully saturated rings. The van der Waals surface area contributed by atoms with Crippen LogP contribution in [0, 0.1) is 0 Å². The van der Waals surface area contributed by atoms with Crippen LogP contribution in [0.1, 0.15) is 181 Å². The van der Waals surface area contributed by atoms with Gasteiger partial charge in [-0.15, -0.1) is 0 Å². The van der Waals surface area contributed by atoms with Crippen LogP contribution in [0.4, 0.5) is 0 Å². The lowest BCUT2D eigenvalue weighted by molar-refractivity contribution is -0.161. The zero-order valence-corrected chi connectivity index (χ0v) is 28.9. The second kappa shape index (κ2) is 35.6. The Morgan fingerprint density at radius 3 is 1.48 bits per heavy atom. The van der Waals surface area contributed by atoms with Crippen molar-refractivity contribution < 1.29 is 24.2 Å². The fourth-order valence-corrected chi connectivity index (χ4v) is 5.16. The van der Waals surface area contributed by atoms with Gasteiger partial charge in [-0.05, 0) is 44.9 Å². The van der Waals surface area contributed by atoms with Gasteiger partial charge in [0.15, 0.2) is 6.10 Å². The normalized spacial score (nSPS) is 12.5. The number of hydrogen-bond acceptors (Lipinski definition) is 5. The van der Waals surface area contributed by atoms with Crippen LogP contribution in [0.25, 0.3) is 0 Å². The molecule has 0 aliphatic heterocycles. The molecule has 0 aliphatic rings. The summed E-state index contributed by atoms with van der Waals surface area (Å²) in [6, 6.07) is 0. The van der Waals surface area contributed by atoms with Gasteiger partial charge in [0.25, 0.3) is 0 Å². The first-order chi connectivity index (χ1) is 21.6. The Bertz CT molecular complexity index is 711. The SMILES string of the molecule is CC/C=C\C/C=C\C/C=C\CCCCCCCC(=O)O[C@@H](CO)COC(=O)CCCCCCCCCCCCCCCCC. The van der Waals surface area contributed by atoms with Gasteiger partial charge in [-0.25, -0.2) is 0 Å². The van der Waals surface area contributed by atoms with E-state index in [1.54, 1.807) is 0 Å². The third kappa shape index (κ3) is 33.0. The highest BCUT2D eigenvalue weighted by atomic mass is 16.6. The van der Waals surface area contributed by atoms with E-state index >= 15 is 0 Å². The third-order valence-corrected chi connectivity index (χ3v) is 7.95. The second-order valence-corrected chi connectivity index (χ2v) is 12.3. The molecule has 0 bridgehead atoms. The topological polar surface area (TPSA) is 72.8 Å². The Morgan fingerprint density at radius 2 is 0.977 bits per heavy atom. The van der Waals surface area contributed by atoms with Gasteiger partial charge in [0.2, 0.25) is 0 Å². The molecule has 0 saturated heterocycles. The first kappa shape index (κ1) is 42.1. The average Bonchev–Trinajstić information content (AvgIpc) is 3.02. The highest BCUT2D eigenvalue weighted by Gasteiger charge is 2.16. The smallest absolute Gasteiger partial charge is 0.306 e. The van der Waals surface area contributed by atoms with Crippen molar-refractivity contribution in [3.05, 3.63) is 36.5 Å². The van der Waals surface area contributed by atoms with Crippen molar-refractivity contribution in [1.29, 1.82) is 0 Å². The summed E-state index contributed by atoms with van der Waals surface area (Å²) >= 11 is 0. The van der Waals surface area contributed by atoms with E-state index in [1.807, 2.05) is 0 Å². The van der Waals surface area contributed by atoms with Crippen molar-refractivity contribution in [3.63, 3.8) is 0 Å². The zero-order valence-electron chi connectivity index (χ0n) is 28.9. The van der Waals surface area contributed by atoms with Crippen molar-refractivity contribution in [2.75, 3.05) is 13.2 Å². The van der Waals surface area contributed by atoms with Crippen LogP contribution in [-0.4, -0.2) is 36.4 Å². The largest absolute Gasteiger partial charge is 0.462 e. The van der Waals surface area contributed by atoms with E-state index in [2.05, 4.69) is 50.3 Å². The molecule has 0 radical (unpaired) electrons. The van der Waals surface area contributed by atoms with E-state index in [1.165, 1.54) is 83.5 Å². The maximum Gasteiger partial charge on any atom is 0.306 e. The first-order valence-electron chi connectivity index (χ1n) is 18.5. The van der Waals surface area contributed by atoms with Crippen LogP contribution in [0.2, 0.25) is 0 Å². The minimum atomic E-state index is -0.776. The van der Waals surface area contributed by atoms with E-state index < -0.39 is 6.10 Å². The fraction of sp³-hybridized carbons (Fsp3) is 0.795. The lowest BCUT2D eigenvalue weighted by atomic mass is 10.0. The van der Waals surface area contributed by atoms with E-state index in [0.29, 0.717) is 12.8 Å². The molecule has 5 nitrogen and oxygen atoms in total. The van der Waals surface area contributed by atoms with E-state index in [0.717, 1.165) is 70.6 Å². The summed E-state index contributed by atoms with van der Waals surface area (Å²) in [5, 5.41) is 9.53. The molecule has 1 atom stereocenters. The molecule has 1 N–H and O–H groups in total. The molecule has 0 unspecified atom stereocenters. The maximum absolute atomic E-state index is 12.1.